The fourth-order valence-corrected chi connectivity index (χ4v) is 10.5. The first-order chi connectivity index (χ1) is 19.1. The van der Waals surface area contributed by atoms with Crippen LogP contribution in [-0.2, 0) is 9.53 Å². The molecule has 4 aliphatic rings. The molecule has 0 saturated heterocycles. The molecule has 3 heteroatoms. The molecule has 230 valence electrons. The highest BCUT2D eigenvalue weighted by Gasteiger charge is 2.59. The quantitative estimate of drug-likeness (QED) is 0.132. The molecule has 4 aliphatic carbocycles. The van der Waals surface area contributed by atoms with E-state index in [1.54, 1.807) is 5.57 Å². The summed E-state index contributed by atoms with van der Waals surface area (Å²) < 4.78 is 6.02. The molecule has 3 nitrogen and oxygen atoms in total. The molecule has 0 bridgehead atoms. The highest BCUT2D eigenvalue weighted by Crippen LogP contribution is 2.67. The SMILES string of the molecule is CC[C@H](CC[C@@H](C)[C@H]1CC[C@H]2[C@@H]3CC=C4C[C@@H](OC(=O)CCCCCCCO)CC[C@]4(C)[C@H]3CC[C@]12C)C(C)C. The molecule has 0 aromatic heterocycles. The number of hydrogen-bond acceptors (Lipinski definition) is 3. The van der Waals surface area contributed by atoms with Gasteiger partial charge in [0.25, 0.3) is 0 Å². The number of carbonyl (C=O) groups excluding carboxylic acids is 1. The van der Waals surface area contributed by atoms with Crippen LogP contribution in [0.2, 0.25) is 0 Å². The lowest BCUT2D eigenvalue weighted by atomic mass is 9.47. The van der Waals surface area contributed by atoms with E-state index >= 15 is 0 Å². The maximum atomic E-state index is 12.6. The summed E-state index contributed by atoms with van der Waals surface area (Å²) in [5, 5.41) is 8.92. The fourth-order valence-electron chi connectivity index (χ4n) is 10.5. The van der Waals surface area contributed by atoms with Crippen molar-refractivity contribution in [2.24, 2.45) is 52.3 Å². The first kappa shape index (κ1) is 32.1. The van der Waals surface area contributed by atoms with Crippen LogP contribution in [0.1, 0.15) is 151 Å². The monoisotopic (exact) mass is 556 g/mol. The number of esters is 1. The van der Waals surface area contributed by atoms with Crippen molar-refractivity contribution in [2.75, 3.05) is 6.61 Å². The smallest absolute Gasteiger partial charge is 0.306 e. The lowest BCUT2D eigenvalue weighted by molar-refractivity contribution is -0.151. The van der Waals surface area contributed by atoms with Crippen molar-refractivity contribution in [3.8, 4) is 0 Å². The van der Waals surface area contributed by atoms with Gasteiger partial charge in [-0.05, 0) is 116 Å². The third-order valence-electron chi connectivity index (χ3n) is 13.1. The zero-order chi connectivity index (χ0) is 28.9. The van der Waals surface area contributed by atoms with Crippen LogP contribution in [0.3, 0.4) is 0 Å². The number of unbranched alkanes of at least 4 members (excludes halogenated alkanes) is 4. The van der Waals surface area contributed by atoms with Crippen LogP contribution in [0.4, 0.5) is 0 Å². The van der Waals surface area contributed by atoms with Gasteiger partial charge in [0.2, 0.25) is 0 Å². The molecule has 9 atom stereocenters. The van der Waals surface area contributed by atoms with E-state index in [-0.39, 0.29) is 18.7 Å². The normalized spacial score (nSPS) is 36.8. The zero-order valence-corrected chi connectivity index (χ0v) is 27.2. The van der Waals surface area contributed by atoms with Crippen molar-refractivity contribution in [1.82, 2.24) is 0 Å². The van der Waals surface area contributed by atoms with E-state index in [1.807, 2.05) is 0 Å². The third-order valence-corrected chi connectivity index (χ3v) is 13.1. The Morgan fingerprint density at radius 3 is 2.45 bits per heavy atom. The minimum absolute atomic E-state index is 0.00301. The first-order valence-electron chi connectivity index (χ1n) is 17.6. The molecule has 3 saturated carbocycles. The van der Waals surface area contributed by atoms with Gasteiger partial charge in [0, 0.05) is 19.4 Å². The van der Waals surface area contributed by atoms with Crippen LogP contribution < -0.4 is 0 Å². The summed E-state index contributed by atoms with van der Waals surface area (Å²) >= 11 is 0. The Balaban J connectivity index is 1.32. The maximum absolute atomic E-state index is 12.6. The molecule has 0 heterocycles. The standard InChI is InChI=1S/C37H64O3/c1-7-28(26(2)3)15-14-27(4)32-18-19-33-31-17-16-29-25-30(40-35(39)13-11-9-8-10-12-24-38)20-22-36(29,5)34(31)21-23-37(32,33)6/h16,26-28,30-34,38H,7-15,17-25H2,1-6H3/t27-,28-,30+,31+,32-,33+,34+,36+,37-/m1/s1. The predicted octanol–water partition coefficient (Wildman–Crippen LogP) is 9.91. The molecule has 0 aromatic carbocycles. The van der Waals surface area contributed by atoms with E-state index in [9.17, 15) is 4.79 Å². The van der Waals surface area contributed by atoms with Gasteiger partial charge in [0.15, 0.2) is 0 Å². The second-order valence-corrected chi connectivity index (χ2v) is 15.6. The Kier molecular flexibility index (Phi) is 11.3. The third kappa shape index (κ3) is 6.86. The van der Waals surface area contributed by atoms with Gasteiger partial charge < -0.3 is 9.84 Å². The van der Waals surface area contributed by atoms with Gasteiger partial charge in [0.1, 0.15) is 6.10 Å². The fraction of sp³-hybridized carbons (Fsp3) is 0.919. The van der Waals surface area contributed by atoms with Crippen molar-refractivity contribution in [3.05, 3.63) is 11.6 Å². The number of aliphatic hydroxyl groups excluding tert-OH is 1. The van der Waals surface area contributed by atoms with Crippen LogP contribution in [0.25, 0.3) is 0 Å². The highest BCUT2D eigenvalue weighted by atomic mass is 16.5. The van der Waals surface area contributed by atoms with E-state index in [1.165, 1.54) is 57.8 Å². The minimum Gasteiger partial charge on any atom is -0.462 e. The summed E-state index contributed by atoms with van der Waals surface area (Å²) in [5.74, 6) is 6.05. The highest BCUT2D eigenvalue weighted by molar-refractivity contribution is 5.69. The number of aliphatic hydroxyl groups is 1. The number of allylic oxidation sites excluding steroid dienone is 1. The molecule has 40 heavy (non-hydrogen) atoms. The molecule has 0 unspecified atom stereocenters. The van der Waals surface area contributed by atoms with Crippen LogP contribution in [0.5, 0.6) is 0 Å². The number of hydrogen-bond donors (Lipinski definition) is 1. The molecule has 4 rings (SSSR count). The zero-order valence-electron chi connectivity index (χ0n) is 27.2. The Morgan fingerprint density at radius 2 is 1.73 bits per heavy atom. The van der Waals surface area contributed by atoms with E-state index in [0.29, 0.717) is 17.3 Å². The largest absolute Gasteiger partial charge is 0.462 e. The second kappa shape index (κ2) is 14.1. The Bertz CT molecular complexity index is 846. The summed E-state index contributed by atoms with van der Waals surface area (Å²) in [7, 11) is 0. The number of ether oxygens (including phenoxy) is 1. The van der Waals surface area contributed by atoms with Crippen molar-refractivity contribution < 1.29 is 14.6 Å². The Labute approximate surface area is 247 Å². The average Bonchev–Trinajstić information content (AvgIpc) is 3.28. The van der Waals surface area contributed by atoms with Gasteiger partial charge in [-0.2, -0.15) is 0 Å². The van der Waals surface area contributed by atoms with Crippen molar-refractivity contribution in [2.45, 2.75) is 157 Å². The van der Waals surface area contributed by atoms with Crippen LogP contribution in [0, 0.1) is 52.3 Å². The summed E-state index contributed by atoms with van der Waals surface area (Å²) in [6.45, 7) is 15.4. The van der Waals surface area contributed by atoms with Gasteiger partial charge in [0.05, 0.1) is 0 Å². The van der Waals surface area contributed by atoms with Crippen molar-refractivity contribution in [3.63, 3.8) is 0 Å². The topological polar surface area (TPSA) is 46.5 Å². The van der Waals surface area contributed by atoms with Gasteiger partial charge in [-0.1, -0.05) is 85.3 Å². The molecule has 3 fully saturated rings. The maximum Gasteiger partial charge on any atom is 0.306 e. The van der Waals surface area contributed by atoms with Gasteiger partial charge >= 0.3 is 5.97 Å². The molecule has 0 amide bonds. The summed E-state index contributed by atoms with van der Waals surface area (Å²) in [5.41, 5.74) is 2.47. The molecule has 0 aliphatic heterocycles. The lowest BCUT2D eigenvalue weighted by Gasteiger charge is -2.58. The summed E-state index contributed by atoms with van der Waals surface area (Å²) in [6, 6.07) is 0. The molecule has 0 radical (unpaired) electrons. The van der Waals surface area contributed by atoms with Gasteiger partial charge in [-0.25, -0.2) is 0 Å². The van der Waals surface area contributed by atoms with Crippen molar-refractivity contribution >= 4 is 5.97 Å². The number of rotatable bonds is 14. The number of fused-ring (bicyclic) bond motifs is 5. The van der Waals surface area contributed by atoms with E-state index in [2.05, 4.69) is 47.6 Å². The molecule has 0 spiro atoms. The van der Waals surface area contributed by atoms with Gasteiger partial charge in [-0.3, -0.25) is 4.79 Å². The minimum atomic E-state index is 0.00301. The summed E-state index contributed by atoms with van der Waals surface area (Å²) in [4.78, 5) is 12.6. The molecular weight excluding hydrogens is 492 g/mol. The van der Waals surface area contributed by atoms with E-state index in [0.717, 1.165) is 86.4 Å². The Hall–Kier alpha value is -0.830. The molecular formula is C37H64O3. The molecule has 0 aromatic rings. The van der Waals surface area contributed by atoms with Crippen LogP contribution in [0.15, 0.2) is 11.6 Å². The Morgan fingerprint density at radius 1 is 0.975 bits per heavy atom. The number of carbonyl (C=O) groups is 1. The lowest BCUT2D eigenvalue weighted by Crippen LogP contribution is -2.51. The van der Waals surface area contributed by atoms with Crippen molar-refractivity contribution in [1.29, 1.82) is 0 Å². The molecule has 1 N–H and O–H groups in total. The first-order valence-corrected chi connectivity index (χ1v) is 17.6. The summed E-state index contributed by atoms with van der Waals surface area (Å²) in [6.07, 6.45) is 22.6. The van der Waals surface area contributed by atoms with Crippen LogP contribution >= 0.6 is 0 Å². The predicted molar refractivity (Wildman–Crippen MR) is 167 cm³/mol. The van der Waals surface area contributed by atoms with E-state index < -0.39 is 0 Å². The second-order valence-electron chi connectivity index (χ2n) is 15.6. The van der Waals surface area contributed by atoms with Crippen LogP contribution in [-0.4, -0.2) is 23.8 Å². The van der Waals surface area contributed by atoms with E-state index in [4.69, 9.17) is 9.84 Å². The van der Waals surface area contributed by atoms with Gasteiger partial charge in [-0.15, -0.1) is 0 Å². The average molecular weight is 557 g/mol.